The van der Waals surface area contributed by atoms with Crippen molar-refractivity contribution in [1.29, 1.82) is 0 Å². The summed E-state index contributed by atoms with van der Waals surface area (Å²) in [5, 5.41) is 0. The third-order valence-corrected chi connectivity index (χ3v) is 2.68. The maximum absolute atomic E-state index is 13.4. The summed E-state index contributed by atoms with van der Waals surface area (Å²) < 4.78 is 80.3. The molecule has 0 amide bonds. The van der Waals surface area contributed by atoms with E-state index in [0.717, 1.165) is 12.1 Å². The molecule has 0 heterocycles. The van der Waals surface area contributed by atoms with E-state index in [4.69, 9.17) is 5.84 Å². The highest BCUT2D eigenvalue weighted by atomic mass is 19.3. The van der Waals surface area contributed by atoms with Crippen LogP contribution in [0.25, 0.3) is 0 Å². The average molecular weight is 316 g/mol. The molecule has 3 nitrogen and oxygen atoms in total. The lowest BCUT2D eigenvalue weighted by Gasteiger charge is -2.20. The number of hydrogen-bond donors (Lipinski definition) is 2. The molecule has 21 heavy (non-hydrogen) atoms. The van der Waals surface area contributed by atoms with Gasteiger partial charge in [-0.15, -0.1) is 0 Å². The topological polar surface area (TPSA) is 47.3 Å². The molecular weight excluding hydrogens is 302 g/mol. The van der Waals surface area contributed by atoms with E-state index in [1.54, 1.807) is 0 Å². The van der Waals surface area contributed by atoms with Crippen LogP contribution in [0.3, 0.4) is 0 Å². The van der Waals surface area contributed by atoms with Crippen LogP contribution < -0.4 is 11.3 Å². The number of rotatable bonds is 8. The van der Waals surface area contributed by atoms with Crippen molar-refractivity contribution in [2.75, 3.05) is 13.2 Å². The first kappa shape index (κ1) is 17.7. The Balaban J connectivity index is 2.57. The molecule has 9 heteroatoms. The lowest BCUT2D eigenvalue weighted by atomic mass is 10.1. The van der Waals surface area contributed by atoms with E-state index < -0.39 is 43.2 Å². The molecule has 0 aromatic heterocycles. The summed E-state index contributed by atoms with van der Waals surface area (Å²) in [4.78, 5) is 0. The van der Waals surface area contributed by atoms with E-state index in [1.807, 2.05) is 0 Å². The van der Waals surface area contributed by atoms with Gasteiger partial charge < -0.3 is 4.74 Å². The van der Waals surface area contributed by atoms with Crippen molar-refractivity contribution in [2.24, 2.45) is 5.84 Å². The van der Waals surface area contributed by atoms with E-state index >= 15 is 0 Å². The third kappa shape index (κ3) is 5.18. The smallest absolute Gasteiger partial charge is 0.330 e. The first-order chi connectivity index (χ1) is 9.77. The predicted molar refractivity (Wildman–Crippen MR) is 62.9 cm³/mol. The van der Waals surface area contributed by atoms with E-state index in [9.17, 15) is 26.3 Å². The lowest BCUT2D eigenvalue weighted by Crippen LogP contribution is -2.42. The maximum Gasteiger partial charge on any atom is 0.330 e. The summed E-state index contributed by atoms with van der Waals surface area (Å²) in [6, 6.07) is 2.30. The fraction of sp³-hybridized carbons (Fsp3) is 0.500. The van der Waals surface area contributed by atoms with Gasteiger partial charge in [0.15, 0.2) is 0 Å². The van der Waals surface area contributed by atoms with Crippen LogP contribution in [0.2, 0.25) is 0 Å². The molecule has 0 fully saturated rings. The van der Waals surface area contributed by atoms with Gasteiger partial charge >= 0.3 is 12.3 Å². The summed E-state index contributed by atoms with van der Waals surface area (Å²) in [6.07, 6.45) is -4.14. The van der Waals surface area contributed by atoms with Gasteiger partial charge in [-0.2, -0.15) is 8.78 Å². The number of alkyl halides is 4. The highest BCUT2D eigenvalue weighted by molar-refractivity contribution is 5.20. The third-order valence-electron chi connectivity index (χ3n) is 2.68. The highest BCUT2D eigenvalue weighted by Gasteiger charge is 2.41. The van der Waals surface area contributed by atoms with Gasteiger partial charge in [0.1, 0.15) is 18.2 Å². The minimum atomic E-state index is -4.29. The zero-order chi connectivity index (χ0) is 16.0. The molecule has 1 rings (SSSR count). The van der Waals surface area contributed by atoms with Crippen LogP contribution in [-0.4, -0.2) is 31.6 Å². The van der Waals surface area contributed by atoms with Gasteiger partial charge in [-0.3, -0.25) is 11.3 Å². The van der Waals surface area contributed by atoms with E-state index in [1.165, 1.54) is 6.07 Å². The van der Waals surface area contributed by atoms with Crippen molar-refractivity contribution in [1.82, 2.24) is 5.43 Å². The minimum absolute atomic E-state index is 0.282. The van der Waals surface area contributed by atoms with Gasteiger partial charge in [0.25, 0.3) is 0 Å². The molecule has 1 unspecified atom stereocenters. The Morgan fingerprint density at radius 1 is 1.19 bits per heavy atom. The van der Waals surface area contributed by atoms with Crippen LogP contribution in [0.4, 0.5) is 26.3 Å². The predicted octanol–water partition coefficient (Wildman–Crippen LogP) is 2.26. The van der Waals surface area contributed by atoms with Gasteiger partial charge in [0.05, 0.1) is 6.61 Å². The van der Waals surface area contributed by atoms with Crippen LogP contribution in [-0.2, 0) is 11.2 Å². The Labute approximate surface area is 117 Å². The zero-order valence-corrected chi connectivity index (χ0v) is 10.8. The number of ether oxygens (including phenoxy) is 1. The van der Waals surface area contributed by atoms with Crippen LogP contribution in [0, 0.1) is 11.6 Å². The van der Waals surface area contributed by atoms with Crippen LogP contribution in [0.5, 0.6) is 0 Å². The molecule has 120 valence electrons. The van der Waals surface area contributed by atoms with E-state index in [0.29, 0.717) is 0 Å². The molecule has 3 N–H and O–H groups in total. The molecule has 1 aromatic rings. The normalized spacial score (nSPS) is 13.7. The molecule has 0 spiro atoms. The largest absolute Gasteiger partial charge is 0.373 e. The van der Waals surface area contributed by atoms with Crippen molar-refractivity contribution in [2.45, 2.75) is 24.8 Å². The molecule has 0 saturated heterocycles. The quantitative estimate of drug-likeness (QED) is 0.439. The average Bonchev–Trinajstić information content (AvgIpc) is 2.40. The SMILES string of the molecule is NNC(COCC(F)(F)C(F)F)Cc1c(F)cccc1F. The summed E-state index contributed by atoms with van der Waals surface area (Å²) in [7, 11) is 0. The monoisotopic (exact) mass is 316 g/mol. The number of nitrogens with two attached hydrogens (primary N) is 1. The van der Waals surface area contributed by atoms with Gasteiger partial charge in [-0.05, 0) is 18.6 Å². The van der Waals surface area contributed by atoms with E-state index in [2.05, 4.69) is 10.2 Å². The summed E-state index contributed by atoms with van der Waals surface area (Å²) in [5.41, 5.74) is 1.83. The molecule has 1 aromatic carbocycles. The Morgan fingerprint density at radius 3 is 2.24 bits per heavy atom. The Bertz CT molecular complexity index is 437. The Hall–Kier alpha value is -1.32. The highest BCUT2D eigenvalue weighted by Crippen LogP contribution is 2.23. The maximum atomic E-state index is 13.4. The number of benzene rings is 1. The second-order valence-corrected chi connectivity index (χ2v) is 4.34. The van der Waals surface area contributed by atoms with Crippen molar-refractivity contribution in [3.8, 4) is 0 Å². The van der Waals surface area contributed by atoms with E-state index in [-0.39, 0.29) is 12.0 Å². The first-order valence-electron chi connectivity index (χ1n) is 5.90. The van der Waals surface area contributed by atoms with Crippen molar-refractivity contribution < 1.29 is 31.1 Å². The summed E-state index contributed by atoms with van der Waals surface area (Å²) in [6.45, 7) is -2.02. The minimum Gasteiger partial charge on any atom is -0.373 e. The summed E-state index contributed by atoms with van der Waals surface area (Å²) >= 11 is 0. The van der Waals surface area contributed by atoms with Crippen LogP contribution >= 0.6 is 0 Å². The second-order valence-electron chi connectivity index (χ2n) is 4.34. The molecule has 0 aliphatic carbocycles. The van der Waals surface area contributed by atoms with Crippen molar-refractivity contribution >= 4 is 0 Å². The summed E-state index contributed by atoms with van der Waals surface area (Å²) in [5.74, 6) is -0.821. The number of halogens is 6. The Kier molecular flexibility index (Phi) is 6.43. The second kappa shape index (κ2) is 7.62. The van der Waals surface area contributed by atoms with Crippen molar-refractivity contribution in [3.05, 3.63) is 35.4 Å². The zero-order valence-electron chi connectivity index (χ0n) is 10.8. The molecule has 0 aliphatic rings. The van der Waals surface area contributed by atoms with Gasteiger partial charge in [-0.25, -0.2) is 17.6 Å². The van der Waals surface area contributed by atoms with Gasteiger partial charge in [0, 0.05) is 11.6 Å². The number of hydrogen-bond acceptors (Lipinski definition) is 3. The molecular formula is C12H14F6N2O. The number of hydrazine groups is 1. The first-order valence-corrected chi connectivity index (χ1v) is 5.90. The fourth-order valence-corrected chi connectivity index (χ4v) is 1.54. The number of nitrogens with one attached hydrogen (secondary N) is 1. The molecule has 1 atom stereocenters. The lowest BCUT2D eigenvalue weighted by molar-refractivity contribution is -0.167. The van der Waals surface area contributed by atoms with Crippen LogP contribution in [0.15, 0.2) is 18.2 Å². The molecule has 0 radical (unpaired) electrons. The molecule has 0 bridgehead atoms. The standard InChI is InChI=1S/C12H14F6N2O/c13-9-2-1-3-10(14)8(9)4-7(20-19)5-21-6-12(17,18)11(15)16/h1-3,7,11,20H,4-6,19H2. The Morgan fingerprint density at radius 2 is 1.76 bits per heavy atom. The molecule has 0 aliphatic heterocycles. The van der Waals surface area contributed by atoms with Gasteiger partial charge in [-0.1, -0.05) is 6.07 Å². The van der Waals surface area contributed by atoms with Gasteiger partial charge in [0.2, 0.25) is 0 Å². The van der Waals surface area contributed by atoms with Crippen molar-refractivity contribution in [3.63, 3.8) is 0 Å². The fourth-order valence-electron chi connectivity index (χ4n) is 1.54. The molecule has 0 saturated carbocycles. The van der Waals surface area contributed by atoms with Crippen LogP contribution in [0.1, 0.15) is 5.56 Å².